The molecule has 1 aromatic heterocycles. The van der Waals surface area contributed by atoms with E-state index < -0.39 is 10.8 Å². The lowest BCUT2D eigenvalue weighted by Crippen LogP contribution is -2.15. The summed E-state index contributed by atoms with van der Waals surface area (Å²) in [5.74, 6) is 1.33. The Labute approximate surface area is 180 Å². The van der Waals surface area contributed by atoms with E-state index in [2.05, 4.69) is 15.5 Å². The third-order valence-electron chi connectivity index (χ3n) is 3.87. The van der Waals surface area contributed by atoms with E-state index in [1.165, 1.54) is 25.3 Å². The molecule has 0 aliphatic rings. The van der Waals surface area contributed by atoms with Crippen molar-refractivity contribution in [3.05, 3.63) is 58.5 Å². The Hall–Kier alpha value is -3.80. The number of nitro benzene ring substituents is 1. The van der Waals surface area contributed by atoms with Crippen LogP contribution in [0.5, 0.6) is 17.2 Å². The maximum atomic E-state index is 12.2. The number of methoxy groups -OCH3 is 2. The topological polar surface area (TPSA) is 139 Å². The molecule has 0 atom stereocenters. The largest absolute Gasteiger partial charge is 0.497 e. The van der Waals surface area contributed by atoms with Gasteiger partial charge in [0.2, 0.25) is 5.91 Å². The van der Waals surface area contributed by atoms with Crippen molar-refractivity contribution in [2.24, 2.45) is 0 Å². The zero-order valence-corrected chi connectivity index (χ0v) is 17.4. The summed E-state index contributed by atoms with van der Waals surface area (Å²) in [6, 6.07) is 11.2. The minimum atomic E-state index is -0.599. The monoisotopic (exact) mass is 446 g/mol. The van der Waals surface area contributed by atoms with Gasteiger partial charge in [-0.05, 0) is 36.4 Å². The van der Waals surface area contributed by atoms with Gasteiger partial charge in [-0.15, -0.1) is 10.2 Å². The number of nitrogens with one attached hydrogen (secondary N) is 1. The zero-order valence-electron chi connectivity index (χ0n) is 16.6. The van der Waals surface area contributed by atoms with Crippen LogP contribution in [0.3, 0.4) is 0 Å². The predicted octanol–water partition coefficient (Wildman–Crippen LogP) is 3.30. The van der Waals surface area contributed by atoms with Crippen LogP contribution in [0.2, 0.25) is 0 Å². The Morgan fingerprint density at radius 2 is 1.77 bits per heavy atom. The number of amides is 1. The van der Waals surface area contributed by atoms with E-state index in [9.17, 15) is 14.9 Å². The lowest BCUT2D eigenvalue weighted by Gasteiger charge is -2.06. The van der Waals surface area contributed by atoms with Crippen LogP contribution in [-0.2, 0) is 11.4 Å². The van der Waals surface area contributed by atoms with E-state index in [1.807, 2.05) is 0 Å². The molecule has 2 aromatic carbocycles. The molecule has 1 amide bonds. The highest BCUT2D eigenvalue weighted by atomic mass is 32.2. The number of nitro groups is 1. The van der Waals surface area contributed by atoms with Gasteiger partial charge in [-0.25, -0.2) is 0 Å². The highest BCUT2D eigenvalue weighted by Crippen LogP contribution is 2.29. The fraction of sp³-hybridized carbons (Fsp3) is 0.211. The van der Waals surface area contributed by atoms with Gasteiger partial charge in [0.1, 0.15) is 22.9 Å². The first-order chi connectivity index (χ1) is 15.0. The number of rotatable bonds is 10. The van der Waals surface area contributed by atoms with Crippen molar-refractivity contribution < 1.29 is 28.3 Å². The molecule has 0 saturated carbocycles. The molecular formula is C19H18N4O7S. The van der Waals surface area contributed by atoms with E-state index in [1.54, 1.807) is 31.4 Å². The molecule has 12 heteroatoms. The number of hydrogen-bond donors (Lipinski definition) is 1. The van der Waals surface area contributed by atoms with Crippen LogP contribution in [0, 0.1) is 10.1 Å². The SMILES string of the molecule is COc1ccc(OCc2nnc(SCC(=O)Nc3ccc(OC)cc3[N+](=O)[O-])o2)cc1. The second-order valence-electron chi connectivity index (χ2n) is 5.90. The van der Waals surface area contributed by atoms with E-state index in [0.717, 1.165) is 11.8 Å². The van der Waals surface area contributed by atoms with Gasteiger partial charge in [0, 0.05) is 0 Å². The quantitative estimate of drug-likeness (QED) is 0.280. The molecule has 0 fully saturated rings. The highest BCUT2D eigenvalue weighted by Gasteiger charge is 2.18. The first kappa shape index (κ1) is 21.9. The summed E-state index contributed by atoms with van der Waals surface area (Å²) in [7, 11) is 2.97. The average molecular weight is 446 g/mol. The molecule has 3 rings (SSSR count). The van der Waals surface area contributed by atoms with Crippen molar-refractivity contribution in [3.8, 4) is 17.2 Å². The zero-order chi connectivity index (χ0) is 22.2. The molecule has 0 aliphatic heterocycles. The van der Waals surface area contributed by atoms with Gasteiger partial charge >= 0.3 is 0 Å². The molecule has 0 aliphatic carbocycles. The smallest absolute Gasteiger partial charge is 0.296 e. The Kier molecular flexibility index (Phi) is 7.27. The summed E-state index contributed by atoms with van der Waals surface area (Å²) in [6.07, 6.45) is 0. The summed E-state index contributed by atoms with van der Waals surface area (Å²) < 4.78 is 21.0. The number of anilines is 1. The Balaban J connectivity index is 1.51. The first-order valence-electron chi connectivity index (χ1n) is 8.83. The maximum absolute atomic E-state index is 12.2. The third-order valence-corrected chi connectivity index (χ3v) is 4.69. The molecule has 1 N–H and O–H groups in total. The molecule has 0 unspecified atom stereocenters. The van der Waals surface area contributed by atoms with Gasteiger partial charge < -0.3 is 23.9 Å². The summed E-state index contributed by atoms with van der Waals surface area (Å²) in [5.41, 5.74) is -0.205. The van der Waals surface area contributed by atoms with Gasteiger partial charge in [-0.1, -0.05) is 11.8 Å². The van der Waals surface area contributed by atoms with Crippen LogP contribution in [0.1, 0.15) is 5.89 Å². The molecule has 0 spiro atoms. The van der Waals surface area contributed by atoms with Crippen LogP contribution in [0.15, 0.2) is 52.1 Å². The summed E-state index contributed by atoms with van der Waals surface area (Å²) in [6.45, 7) is 0.0597. The van der Waals surface area contributed by atoms with Gasteiger partial charge in [0.25, 0.3) is 16.8 Å². The highest BCUT2D eigenvalue weighted by molar-refractivity contribution is 7.99. The van der Waals surface area contributed by atoms with Crippen LogP contribution in [0.25, 0.3) is 0 Å². The van der Waals surface area contributed by atoms with Crippen LogP contribution < -0.4 is 19.5 Å². The van der Waals surface area contributed by atoms with Gasteiger partial charge in [0.05, 0.1) is 31.0 Å². The fourth-order valence-electron chi connectivity index (χ4n) is 2.38. The lowest BCUT2D eigenvalue weighted by molar-refractivity contribution is -0.384. The maximum Gasteiger partial charge on any atom is 0.296 e. The number of aromatic nitrogens is 2. The number of carbonyl (C=O) groups is 1. The number of nitrogens with zero attached hydrogens (tertiary/aromatic N) is 3. The molecular weight excluding hydrogens is 428 g/mol. The molecule has 1 heterocycles. The minimum absolute atomic E-state index is 0.0597. The standard InChI is InChI=1S/C19H18N4O7S/c1-27-12-3-5-13(6-4-12)29-10-18-21-22-19(30-18)31-11-17(24)20-15-8-7-14(28-2)9-16(15)23(25)26/h3-9H,10-11H2,1-2H3,(H,20,24). The van der Waals surface area contributed by atoms with Crippen molar-refractivity contribution in [2.45, 2.75) is 11.8 Å². The molecule has 0 saturated heterocycles. The molecule has 31 heavy (non-hydrogen) atoms. The van der Waals surface area contributed by atoms with E-state index in [0.29, 0.717) is 17.2 Å². The van der Waals surface area contributed by atoms with Crippen molar-refractivity contribution in [1.29, 1.82) is 0 Å². The van der Waals surface area contributed by atoms with Crippen molar-refractivity contribution in [3.63, 3.8) is 0 Å². The number of benzene rings is 2. The number of ether oxygens (including phenoxy) is 3. The number of thioether (sulfide) groups is 1. The third kappa shape index (κ3) is 6.09. The molecule has 11 nitrogen and oxygen atoms in total. The number of carbonyl (C=O) groups excluding carboxylic acids is 1. The second kappa shape index (κ2) is 10.3. The molecule has 162 valence electrons. The summed E-state index contributed by atoms with van der Waals surface area (Å²) in [5, 5.41) is 21.6. The van der Waals surface area contributed by atoms with Crippen LogP contribution in [-0.4, -0.2) is 41.0 Å². The van der Waals surface area contributed by atoms with E-state index in [-0.39, 0.29) is 34.8 Å². The minimum Gasteiger partial charge on any atom is -0.497 e. The number of hydrogen-bond acceptors (Lipinski definition) is 10. The lowest BCUT2D eigenvalue weighted by atomic mass is 10.2. The van der Waals surface area contributed by atoms with Gasteiger partial charge in [0.15, 0.2) is 6.61 Å². The molecule has 0 radical (unpaired) electrons. The van der Waals surface area contributed by atoms with Crippen molar-refractivity contribution >= 4 is 29.0 Å². The normalized spacial score (nSPS) is 10.4. The van der Waals surface area contributed by atoms with Crippen LogP contribution >= 0.6 is 11.8 Å². The summed E-state index contributed by atoms with van der Waals surface area (Å²) in [4.78, 5) is 22.8. The molecule has 3 aromatic rings. The van der Waals surface area contributed by atoms with Crippen molar-refractivity contribution in [2.75, 3.05) is 25.3 Å². The fourth-order valence-corrected chi connectivity index (χ4v) is 2.96. The average Bonchev–Trinajstić information content (AvgIpc) is 3.24. The Bertz CT molecular complexity index is 1060. The van der Waals surface area contributed by atoms with Crippen LogP contribution in [0.4, 0.5) is 11.4 Å². The Morgan fingerprint density at radius 1 is 1.10 bits per heavy atom. The van der Waals surface area contributed by atoms with Crippen molar-refractivity contribution in [1.82, 2.24) is 10.2 Å². The summed E-state index contributed by atoms with van der Waals surface area (Å²) >= 11 is 0.998. The van der Waals surface area contributed by atoms with E-state index in [4.69, 9.17) is 18.6 Å². The van der Waals surface area contributed by atoms with Gasteiger partial charge in [-0.3, -0.25) is 14.9 Å². The molecule has 0 bridgehead atoms. The van der Waals surface area contributed by atoms with Gasteiger partial charge in [-0.2, -0.15) is 0 Å². The predicted molar refractivity (Wildman–Crippen MR) is 111 cm³/mol. The first-order valence-corrected chi connectivity index (χ1v) is 9.81. The van der Waals surface area contributed by atoms with E-state index >= 15 is 0 Å². The Morgan fingerprint density at radius 3 is 2.45 bits per heavy atom. The second-order valence-corrected chi connectivity index (χ2v) is 6.83.